The van der Waals surface area contributed by atoms with Gasteiger partial charge in [0.2, 0.25) is 11.8 Å². The second-order valence-electron chi connectivity index (χ2n) is 8.76. The van der Waals surface area contributed by atoms with Crippen LogP contribution in [0, 0.1) is 0 Å². The maximum atomic E-state index is 13.8. The molecule has 2 amide bonds. The lowest BCUT2D eigenvalue weighted by molar-refractivity contribution is -0.139. The van der Waals surface area contributed by atoms with Crippen molar-refractivity contribution in [2.75, 3.05) is 10.8 Å². The fraction of sp³-hybridized carbons (Fsp3) is 0.259. The van der Waals surface area contributed by atoms with E-state index >= 15 is 0 Å². The van der Waals surface area contributed by atoms with Crippen LogP contribution in [0.1, 0.15) is 26.3 Å². The van der Waals surface area contributed by atoms with Crippen LogP contribution in [0.15, 0.2) is 88.2 Å². The molecule has 1 N–H and O–H groups in total. The highest BCUT2D eigenvalue weighted by molar-refractivity contribution is 9.10. The number of hydrogen-bond donors (Lipinski definition) is 1. The monoisotopic (exact) mass is 605 g/mol. The van der Waals surface area contributed by atoms with Gasteiger partial charge in [0.1, 0.15) is 12.6 Å². The minimum Gasteiger partial charge on any atom is -0.352 e. The third-order valence-electron chi connectivity index (χ3n) is 5.60. The van der Waals surface area contributed by atoms with Crippen LogP contribution in [-0.2, 0) is 26.2 Å². The van der Waals surface area contributed by atoms with Gasteiger partial charge in [0.05, 0.1) is 10.6 Å². The third-order valence-corrected chi connectivity index (χ3v) is 8.25. The van der Waals surface area contributed by atoms with Crippen LogP contribution in [-0.4, -0.2) is 43.8 Å². The van der Waals surface area contributed by atoms with Crippen molar-refractivity contribution in [1.82, 2.24) is 10.2 Å². The van der Waals surface area contributed by atoms with E-state index in [0.29, 0.717) is 20.7 Å². The first-order valence-corrected chi connectivity index (χ1v) is 14.3. The Bertz CT molecular complexity index is 1350. The summed E-state index contributed by atoms with van der Waals surface area (Å²) in [5.41, 5.74) is 0.949. The fourth-order valence-corrected chi connectivity index (χ4v) is 5.69. The molecule has 1 atom stereocenters. The normalized spacial score (nSPS) is 12.2. The lowest BCUT2D eigenvalue weighted by atomic mass is 10.1. The Morgan fingerprint density at radius 3 is 2.22 bits per heavy atom. The molecule has 0 saturated heterocycles. The van der Waals surface area contributed by atoms with Crippen LogP contribution >= 0.6 is 27.5 Å². The average molecular weight is 607 g/mol. The summed E-state index contributed by atoms with van der Waals surface area (Å²) < 4.78 is 29.1. The summed E-state index contributed by atoms with van der Waals surface area (Å²) in [5.74, 6) is -0.902. The summed E-state index contributed by atoms with van der Waals surface area (Å²) in [4.78, 5) is 28.1. The fourth-order valence-electron chi connectivity index (χ4n) is 3.68. The molecule has 37 heavy (non-hydrogen) atoms. The van der Waals surface area contributed by atoms with E-state index in [1.165, 1.54) is 17.0 Å². The van der Waals surface area contributed by atoms with E-state index in [2.05, 4.69) is 21.2 Å². The number of amides is 2. The summed E-state index contributed by atoms with van der Waals surface area (Å²) in [6.45, 7) is 4.78. The number of carbonyl (C=O) groups is 2. The van der Waals surface area contributed by atoms with E-state index < -0.39 is 28.5 Å². The molecule has 0 saturated carbocycles. The lowest BCUT2D eigenvalue weighted by Crippen LogP contribution is -2.52. The zero-order valence-corrected chi connectivity index (χ0v) is 23.9. The first-order valence-electron chi connectivity index (χ1n) is 11.7. The van der Waals surface area contributed by atoms with Crippen LogP contribution in [0.25, 0.3) is 0 Å². The van der Waals surface area contributed by atoms with Gasteiger partial charge in [-0.15, -0.1) is 0 Å². The van der Waals surface area contributed by atoms with Gasteiger partial charge in [0.15, 0.2) is 0 Å². The van der Waals surface area contributed by atoms with Crippen molar-refractivity contribution in [3.63, 3.8) is 0 Å². The van der Waals surface area contributed by atoms with E-state index in [1.54, 1.807) is 73.7 Å². The van der Waals surface area contributed by atoms with Gasteiger partial charge in [-0.05, 0) is 62.7 Å². The summed E-state index contributed by atoms with van der Waals surface area (Å²) in [5, 5.41) is 3.27. The highest BCUT2D eigenvalue weighted by atomic mass is 79.9. The topological polar surface area (TPSA) is 86.8 Å². The number of sulfonamides is 1. The molecule has 0 spiro atoms. The molecule has 7 nitrogen and oxygen atoms in total. The SMILES string of the molecule is CC(C)NC(=O)[C@H](C)N(Cc1ccccc1Cl)C(=O)CN(c1cccc(Br)c1)S(=O)(=O)c1ccccc1. The number of halogens is 2. The molecule has 10 heteroatoms. The Morgan fingerprint density at radius 2 is 1.59 bits per heavy atom. The molecule has 0 aromatic heterocycles. The Morgan fingerprint density at radius 1 is 0.946 bits per heavy atom. The molecule has 0 heterocycles. The van der Waals surface area contributed by atoms with Crippen LogP contribution in [0.5, 0.6) is 0 Å². The molecule has 3 aromatic carbocycles. The van der Waals surface area contributed by atoms with Gasteiger partial charge in [0, 0.05) is 22.1 Å². The summed E-state index contributed by atoms with van der Waals surface area (Å²) >= 11 is 9.74. The number of benzene rings is 3. The minimum absolute atomic E-state index is 0.0307. The van der Waals surface area contributed by atoms with Crippen molar-refractivity contribution in [1.29, 1.82) is 0 Å². The summed E-state index contributed by atoms with van der Waals surface area (Å²) in [7, 11) is -4.11. The van der Waals surface area contributed by atoms with Crippen molar-refractivity contribution in [2.45, 2.75) is 44.3 Å². The third kappa shape index (κ3) is 7.34. The van der Waals surface area contributed by atoms with Gasteiger partial charge in [-0.25, -0.2) is 8.42 Å². The predicted molar refractivity (Wildman–Crippen MR) is 150 cm³/mol. The van der Waals surface area contributed by atoms with Crippen molar-refractivity contribution in [3.05, 3.63) is 93.9 Å². The zero-order valence-electron chi connectivity index (χ0n) is 20.8. The molecule has 0 aliphatic heterocycles. The Hall–Kier alpha value is -2.88. The molecule has 0 bridgehead atoms. The molecule has 0 aliphatic carbocycles. The van der Waals surface area contributed by atoms with E-state index in [1.807, 2.05) is 13.8 Å². The number of carbonyl (C=O) groups excluding carboxylic acids is 2. The van der Waals surface area contributed by atoms with E-state index in [0.717, 1.165) is 4.31 Å². The molecular weight excluding hydrogens is 578 g/mol. The predicted octanol–water partition coefficient (Wildman–Crippen LogP) is 5.24. The highest BCUT2D eigenvalue weighted by Gasteiger charge is 2.33. The Kier molecular flexibility index (Phi) is 9.75. The van der Waals surface area contributed by atoms with Crippen LogP contribution < -0.4 is 9.62 Å². The maximum absolute atomic E-state index is 13.8. The Balaban J connectivity index is 2.03. The molecule has 196 valence electrons. The number of rotatable bonds is 10. The first-order chi connectivity index (χ1) is 17.5. The molecule has 3 rings (SSSR count). The van der Waals surface area contributed by atoms with Gasteiger partial charge >= 0.3 is 0 Å². The molecule has 0 unspecified atom stereocenters. The summed E-state index contributed by atoms with van der Waals surface area (Å²) in [6, 6.07) is 20.6. The van der Waals surface area contributed by atoms with E-state index in [-0.39, 0.29) is 23.4 Å². The van der Waals surface area contributed by atoms with Crippen molar-refractivity contribution >= 4 is 55.1 Å². The maximum Gasteiger partial charge on any atom is 0.264 e. The molecule has 0 aliphatic rings. The number of hydrogen-bond acceptors (Lipinski definition) is 4. The second kappa shape index (κ2) is 12.6. The molecule has 0 fully saturated rings. The molecule has 0 radical (unpaired) electrons. The Labute approximate surface area is 231 Å². The number of nitrogens with zero attached hydrogens (tertiary/aromatic N) is 2. The van der Waals surface area contributed by atoms with Crippen molar-refractivity contribution in [2.24, 2.45) is 0 Å². The van der Waals surface area contributed by atoms with E-state index in [9.17, 15) is 18.0 Å². The lowest BCUT2D eigenvalue weighted by Gasteiger charge is -2.32. The minimum atomic E-state index is -4.11. The van der Waals surface area contributed by atoms with E-state index in [4.69, 9.17) is 11.6 Å². The van der Waals surface area contributed by atoms with Gasteiger partial charge in [-0.3, -0.25) is 13.9 Å². The quantitative estimate of drug-likeness (QED) is 0.342. The van der Waals surface area contributed by atoms with Gasteiger partial charge < -0.3 is 10.2 Å². The van der Waals surface area contributed by atoms with Crippen LogP contribution in [0.3, 0.4) is 0 Å². The van der Waals surface area contributed by atoms with Gasteiger partial charge in [-0.2, -0.15) is 0 Å². The zero-order chi connectivity index (χ0) is 27.2. The molecule has 3 aromatic rings. The number of nitrogens with one attached hydrogen (secondary N) is 1. The highest BCUT2D eigenvalue weighted by Crippen LogP contribution is 2.27. The summed E-state index contributed by atoms with van der Waals surface area (Å²) in [6.07, 6.45) is 0. The molecular formula is C27H29BrClN3O4S. The largest absolute Gasteiger partial charge is 0.352 e. The van der Waals surface area contributed by atoms with Gasteiger partial charge in [0.25, 0.3) is 10.0 Å². The standard InChI is InChI=1S/C27H29BrClN3O4S/c1-19(2)30-27(34)20(3)31(17-21-10-7-8-15-25(21)29)26(33)18-32(23-12-9-11-22(28)16-23)37(35,36)24-13-5-4-6-14-24/h4-16,19-20H,17-18H2,1-3H3,(H,30,34)/t20-/m0/s1. The first kappa shape index (κ1) is 28.7. The second-order valence-corrected chi connectivity index (χ2v) is 11.9. The van der Waals surface area contributed by atoms with Crippen molar-refractivity contribution < 1.29 is 18.0 Å². The van der Waals surface area contributed by atoms with Crippen LogP contribution in [0.2, 0.25) is 5.02 Å². The van der Waals surface area contributed by atoms with Crippen LogP contribution in [0.4, 0.5) is 5.69 Å². The number of anilines is 1. The van der Waals surface area contributed by atoms with Gasteiger partial charge in [-0.1, -0.05) is 70.0 Å². The van der Waals surface area contributed by atoms with Crippen molar-refractivity contribution in [3.8, 4) is 0 Å². The smallest absolute Gasteiger partial charge is 0.264 e. The average Bonchev–Trinajstić information content (AvgIpc) is 2.86.